The van der Waals surface area contributed by atoms with Crippen LogP contribution < -0.4 is 9.64 Å². The minimum Gasteiger partial charge on any atom is -0.497 e. The van der Waals surface area contributed by atoms with Crippen LogP contribution in [0.3, 0.4) is 0 Å². The Morgan fingerprint density at radius 1 is 1.37 bits per heavy atom. The van der Waals surface area contributed by atoms with Gasteiger partial charge in [-0.25, -0.2) is 0 Å². The van der Waals surface area contributed by atoms with E-state index in [1.54, 1.807) is 7.11 Å². The van der Waals surface area contributed by atoms with Crippen molar-refractivity contribution >= 4 is 11.7 Å². The maximum absolute atomic E-state index is 11.2. The predicted molar refractivity (Wildman–Crippen MR) is 74.5 cm³/mol. The topological polar surface area (TPSA) is 38.8 Å². The second kappa shape index (κ2) is 5.95. The number of esters is 1. The van der Waals surface area contributed by atoms with E-state index in [1.165, 1.54) is 12.5 Å². The molecule has 0 radical (unpaired) electrons. The lowest BCUT2D eigenvalue weighted by atomic mass is 10.1. The Morgan fingerprint density at radius 2 is 2.16 bits per heavy atom. The average molecular weight is 263 g/mol. The van der Waals surface area contributed by atoms with Crippen molar-refractivity contribution < 1.29 is 14.3 Å². The number of carbonyl (C=O) groups excluding carboxylic acids is 1. The number of piperidine rings is 1. The Labute approximate surface area is 114 Å². The van der Waals surface area contributed by atoms with Crippen LogP contribution in [0.4, 0.5) is 5.69 Å². The number of aryl methyl sites for hydroxylation is 1. The number of nitrogens with zero attached hydrogens (tertiary/aromatic N) is 1. The predicted octanol–water partition coefficient (Wildman–Crippen LogP) is 2.88. The van der Waals surface area contributed by atoms with E-state index in [0.717, 1.165) is 37.2 Å². The molecule has 1 saturated heterocycles. The number of benzene rings is 1. The number of rotatable bonds is 3. The van der Waals surface area contributed by atoms with Gasteiger partial charge in [0.15, 0.2) is 6.23 Å². The molecule has 0 bridgehead atoms. The van der Waals surface area contributed by atoms with Gasteiger partial charge >= 0.3 is 5.97 Å². The first-order valence-electron chi connectivity index (χ1n) is 6.70. The number of carbonyl (C=O) groups is 1. The van der Waals surface area contributed by atoms with Gasteiger partial charge in [-0.15, -0.1) is 0 Å². The molecule has 104 valence electrons. The third kappa shape index (κ3) is 3.19. The van der Waals surface area contributed by atoms with Crippen molar-refractivity contribution in [3.8, 4) is 5.75 Å². The van der Waals surface area contributed by atoms with Crippen LogP contribution in [0.2, 0.25) is 0 Å². The van der Waals surface area contributed by atoms with Crippen molar-refractivity contribution in [2.75, 3.05) is 18.6 Å². The van der Waals surface area contributed by atoms with Gasteiger partial charge in [0, 0.05) is 31.6 Å². The molecule has 0 spiro atoms. The molecule has 0 aromatic heterocycles. The van der Waals surface area contributed by atoms with Crippen molar-refractivity contribution in [1.82, 2.24) is 0 Å². The molecule has 0 saturated carbocycles. The minimum absolute atomic E-state index is 0.156. The van der Waals surface area contributed by atoms with Crippen LogP contribution in [0.15, 0.2) is 18.2 Å². The molecule has 2 rings (SSSR count). The average Bonchev–Trinajstić information content (AvgIpc) is 2.40. The first-order chi connectivity index (χ1) is 9.11. The molecular formula is C15H21NO3. The molecule has 0 N–H and O–H groups in total. The van der Waals surface area contributed by atoms with Crippen molar-refractivity contribution in [2.24, 2.45) is 0 Å². The van der Waals surface area contributed by atoms with E-state index < -0.39 is 0 Å². The quantitative estimate of drug-likeness (QED) is 0.786. The zero-order chi connectivity index (χ0) is 13.8. The van der Waals surface area contributed by atoms with E-state index in [1.807, 2.05) is 18.2 Å². The van der Waals surface area contributed by atoms with Crippen LogP contribution in [0.5, 0.6) is 5.75 Å². The monoisotopic (exact) mass is 263 g/mol. The van der Waals surface area contributed by atoms with Crippen LogP contribution >= 0.6 is 0 Å². The number of ether oxygens (including phenoxy) is 2. The van der Waals surface area contributed by atoms with Gasteiger partial charge in [-0.05, 0) is 31.4 Å². The highest BCUT2D eigenvalue weighted by atomic mass is 16.6. The van der Waals surface area contributed by atoms with Crippen LogP contribution in [0, 0.1) is 6.92 Å². The second-order valence-electron chi connectivity index (χ2n) is 4.91. The molecule has 4 heteroatoms. The molecule has 0 aliphatic carbocycles. The van der Waals surface area contributed by atoms with Gasteiger partial charge in [-0.2, -0.15) is 0 Å². The Kier molecular flexibility index (Phi) is 4.30. The third-order valence-corrected chi connectivity index (χ3v) is 3.48. The normalized spacial score (nSPS) is 19.1. The Morgan fingerprint density at radius 3 is 2.84 bits per heavy atom. The van der Waals surface area contributed by atoms with Crippen molar-refractivity contribution in [3.63, 3.8) is 0 Å². The van der Waals surface area contributed by atoms with E-state index >= 15 is 0 Å². The Hall–Kier alpha value is -1.71. The summed E-state index contributed by atoms with van der Waals surface area (Å²) in [4.78, 5) is 13.4. The molecular weight excluding hydrogens is 242 g/mol. The van der Waals surface area contributed by atoms with Crippen LogP contribution in [-0.4, -0.2) is 25.9 Å². The summed E-state index contributed by atoms with van der Waals surface area (Å²) in [6.07, 6.45) is 2.94. The van der Waals surface area contributed by atoms with E-state index in [-0.39, 0.29) is 12.2 Å². The highest BCUT2D eigenvalue weighted by molar-refractivity contribution is 5.67. The van der Waals surface area contributed by atoms with Crippen molar-refractivity contribution in [3.05, 3.63) is 23.8 Å². The van der Waals surface area contributed by atoms with Gasteiger partial charge in [0.25, 0.3) is 0 Å². The van der Waals surface area contributed by atoms with Crippen LogP contribution in [0.1, 0.15) is 31.7 Å². The van der Waals surface area contributed by atoms with E-state index in [9.17, 15) is 4.79 Å². The molecule has 1 fully saturated rings. The lowest BCUT2D eigenvalue weighted by molar-refractivity contribution is -0.147. The summed E-state index contributed by atoms with van der Waals surface area (Å²) in [5.74, 6) is 0.602. The largest absolute Gasteiger partial charge is 0.497 e. The first-order valence-corrected chi connectivity index (χ1v) is 6.70. The maximum Gasteiger partial charge on any atom is 0.304 e. The highest BCUT2D eigenvalue weighted by Crippen LogP contribution is 2.31. The van der Waals surface area contributed by atoms with Crippen LogP contribution in [-0.2, 0) is 9.53 Å². The number of anilines is 1. The van der Waals surface area contributed by atoms with Gasteiger partial charge in [0.1, 0.15) is 5.75 Å². The molecule has 4 nitrogen and oxygen atoms in total. The molecule has 1 atom stereocenters. The SMILES string of the molecule is COc1ccc(C)c(N2CCCCC2OC(C)=O)c1. The standard InChI is InChI=1S/C15H21NO3/c1-11-7-8-13(18-3)10-14(11)16-9-5-4-6-15(16)19-12(2)17/h7-8,10,15H,4-6,9H2,1-3H3. The lowest BCUT2D eigenvalue weighted by Crippen LogP contribution is -2.42. The maximum atomic E-state index is 11.2. The van der Waals surface area contributed by atoms with Crippen LogP contribution in [0.25, 0.3) is 0 Å². The number of hydrogen-bond donors (Lipinski definition) is 0. The summed E-state index contributed by atoms with van der Waals surface area (Å²) in [7, 11) is 1.66. The molecule has 1 unspecified atom stereocenters. The van der Waals surface area contributed by atoms with Gasteiger partial charge in [0.2, 0.25) is 0 Å². The first kappa shape index (κ1) is 13.7. The smallest absolute Gasteiger partial charge is 0.304 e. The zero-order valence-corrected chi connectivity index (χ0v) is 11.8. The van der Waals surface area contributed by atoms with Crippen molar-refractivity contribution in [1.29, 1.82) is 0 Å². The summed E-state index contributed by atoms with van der Waals surface area (Å²) >= 11 is 0. The molecule has 1 aliphatic heterocycles. The summed E-state index contributed by atoms with van der Waals surface area (Å²) in [5.41, 5.74) is 2.25. The van der Waals surface area contributed by atoms with E-state index in [0.29, 0.717) is 0 Å². The van der Waals surface area contributed by atoms with E-state index in [2.05, 4.69) is 11.8 Å². The van der Waals surface area contributed by atoms with Gasteiger partial charge in [-0.1, -0.05) is 6.07 Å². The number of methoxy groups -OCH3 is 1. The van der Waals surface area contributed by atoms with Gasteiger partial charge < -0.3 is 14.4 Å². The van der Waals surface area contributed by atoms with Gasteiger partial charge in [-0.3, -0.25) is 4.79 Å². The zero-order valence-electron chi connectivity index (χ0n) is 11.8. The summed E-state index contributed by atoms with van der Waals surface area (Å²) in [6, 6.07) is 5.99. The van der Waals surface area contributed by atoms with E-state index in [4.69, 9.17) is 9.47 Å². The van der Waals surface area contributed by atoms with Gasteiger partial charge in [0.05, 0.1) is 7.11 Å². The molecule has 1 aromatic rings. The number of hydrogen-bond acceptors (Lipinski definition) is 4. The minimum atomic E-state index is -0.225. The molecule has 1 aliphatic rings. The molecule has 19 heavy (non-hydrogen) atoms. The Bertz CT molecular complexity index is 459. The molecule has 0 amide bonds. The molecule has 1 aromatic carbocycles. The fourth-order valence-electron chi connectivity index (χ4n) is 2.52. The fraction of sp³-hybridized carbons (Fsp3) is 0.533. The third-order valence-electron chi connectivity index (χ3n) is 3.48. The van der Waals surface area contributed by atoms with Crippen molar-refractivity contribution in [2.45, 2.75) is 39.3 Å². The fourth-order valence-corrected chi connectivity index (χ4v) is 2.52. The lowest BCUT2D eigenvalue weighted by Gasteiger charge is -2.37. The summed E-state index contributed by atoms with van der Waals surface area (Å²) in [6.45, 7) is 4.44. The highest BCUT2D eigenvalue weighted by Gasteiger charge is 2.26. The summed E-state index contributed by atoms with van der Waals surface area (Å²) in [5, 5.41) is 0. The summed E-state index contributed by atoms with van der Waals surface area (Å²) < 4.78 is 10.7. The molecule has 1 heterocycles. The second-order valence-corrected chi connectivity index (χ2v) is 4.91. The Balaban J connectivity index is 2.28.